The van der Waals surface area contributed by atoms with Gasteiger partial charge in [-0.1, -0.05) is 42.5 Å². The second-order valence-electron chi connectivity index (χ2n) is 4.51. The van der Waals surface area contributed by atoms with Crippen molar-refractivity contribution in [2.75, 3.05) is 6.61 Å². The van der Waals surface area contributed by atoms with Gasteiger partial charge in [0.25, 0.3) is 0 Å². The molecule has 0 spiro atoms. The van der Waals surface area contributed by atoms with Gasteiger partial charge in [-0.2, -0.15) is 0 Å². The fourth-order valence-corrected chi connectivity index (χ4v) is 1.90. The largest absolute Gasteiger partial charge is 0.492 e. The molecule has 2 rings (SSSR count). The summed E-state index contributed by atoms with van der Waals surface area (Å²) in [5.74, 6) is 0.873. The maximum atomic E-state index is 6.10. The molecule has 0 saturated carbocycles. The number of para-hydroxylation sites is 1. The molecule has 1 unspecified atom stereocenters. The van der Waals surface area contributed by atoms with E-state index >= 15 is 0 Å². The molecule has 0 heterocycles. The Bertz CT molecular complexity index is 481. The Morgan fingerprint density at radius 2 is 1.67 bits per heavy atom. The van der Waals surface area contributed by atoms with Gasteiger partial charge in [0.1, 0.15) is 12.4 Å². The lowest BCUT2D eigenvalue weighted by atomic mass is 10.0. The number of benzene rings is 2. The summed E-state index contributed by atoms with van der Waals surface area (Å²) in [6.07, 6.45) is 0.847. The summed E-state index contributed by atoms with van der Waals surface area (Å²) in [6, 6.07) is 18.1. The lowest BCUT2D eigenvalue weighted by Crippen LogP contribution is -2.30. The molecule has 0 radical (unpaired) electrons. The van der Waals surface area contributed by atoms with Gasteiger partial charge in [0.15, 0.2) is 0 Å². The summed E-state index contributed by atoms with van der Waals surface area (Å²) >= 11 is 0. The predicted molar refractivity (Wildman–Crippen MR) is 74.8 cm³/mol. The SMILES string of the molecule is Cc1ccccc1CC(N)COc1ccccc1. The molecule has 0 aliphatic rings. The Hall–Kier alpha value is -1.80. The lowest BCUT2D eigenvalue weighted by molar-refractivity contribution is 0.287. The van der Waals surface area contributed by atoms with E-state index in [1.54, 1.807) is 0 Å². The quantitative estimate of drug-likeness (QED) is 0.873. The van der Waals surface area contributed by atoms with Crippen molar-refractivity contribution in [3.8, 4) is 5.75 Å². The molecular formula is C16H19NO. The highest BCUT2D eigenvalue weighted by atomic mass is 16.5. The van der Waals surface area contributed by atoms with Gasteiger partial charge in [0, 0.05) is 6.04 Å². The summed E-state index contributed by atoms with van der Waals surface area (Å²) in [5.41, 5.74) is 8.68. The van der Waals surface area contributed by atoms with Gasteiger partial charge < -0.3 is 10.5 Å². The zero-order chi connectivity index (χ0) is 12.8. The number of hydrogen-bond acceptors (Lipinski definition) is 2. The molecule has 2 N–H and O–H groups in total. The van der Waals surface area contributed by atoms with Crippen LogP contribution in [0.4, 0.5) is 0 Å². The van der Waals surface area contributed by atoms with Gasteiger partial charge in [-0.25, -0.2) is 0 Å². The first-order valence-corrected chi connectivity index (χ1v) is 6.23. The molecule has 18 heavy (non-hydrogen) atoms. The third-order valence-corrected chi connectivity index (χ3v) is 2.95. The summed E-state index contributed by atoms with van der Waals surface area (Å²) in [5, 5.41) is 0. The summed E-state index contributed by atoms with van der Waals surface area (Å²) in [4.78, 5) is 0. The van der Waals surface area contributed by atoms with E-state index in [4.69, 9.17) is 10.5 Å². The fraction of sp³-hybridized carbons (Fsp3) is 0.250. The van der Waals surface area contributed by atoms with E-state index in [1.165, 1.54) is 11.1 Å². The number of aryl methyl sites for hydroxylation is 1. The molecule has 0 aliphatic carbocycles. The molecule has 2 heteroatoms. The van der Waals surface area contributed by atoms with Crippen LogP contribution in [-0.4, -0.2) is 12.6 Å². The second kappa shape index (κ2) is 6.22. The van der Waals surface area contributed by atoms with Crippen LogP contribution < -0.4 is 10.5 Å². The van der Waals surface area contributed by atoms with E-state index in [-0.39, 0.29) is 6.04 Å². The first-order chi connectivity index (χ1) is 8.75. The number of hydrogen-bond donors (Lipinski definition) is 1. The van der Waals surface area contributed by atoms with Gasteiger partial charge in [0.05, 0.1) is 0 Å². The highest BCUT2D eigenvalue weighted by Gasteiger charge is 2.06. The van der Waals surface area contributed by atoms with Crippen molar-refractivity contribution < 1.29 is 4.74 Å². The fourth-order valence-electron chi connectivity index (χ4n) is 1.90. The third kappa shape index (κ3) is 3.60. The highest BCUT2D eigenvalue weighted by molar-refractivity contribution is 5.26. The molecule has 0 saturated heterocycles. The van der Waals surface area contributed by atoms with Gasteiger partial charge in [-0.05, 0) is 36.6 Å². The second-order valence-corrected chi connectivity index (χ2v) is 4.51. The van der Waals surface area contributed by atoms with Crippen molar-refractivity contribution in [2.24, 2.45) is 5.73 Å². The molecule has 0 bridgehead atoms. The normalized spacial score (nSPS) is 12.1. The standard InChI is InChI=1S/C16H19NO/c1-13-7-5-6-8-14(13)11-15(17)12-18-16-9-3-2-4-10-16/h2-10,15H,11-12,17H2,1H3. The zero-order valence-corrected chi connectivity index (χ0v) is 10.7. The molecule has 94 valence electrons. The number of nitrogens with two attached hydrogens (primary N) is 1. The van der Waals surface area contributed by atoms with Crippen molar-refractivity contribution in [1.82, 2.24) is 0 Å². The first-order valence-electron chi connectivity index (χ1n) is 6.23. The van der Waals surface area contributed by atoms with Gasteiger partial charge in [-0.3, -0.25) is 0 Å². The van der Waals surface area contributed by atoms with Crippen LogP contribution in [0, 0.1) is 6.92 Å². The summed E-state index contributed by atoms with van der Waals surface area (Å²) in [6.45, 7) is 2.65. The summed E-state index contributed by atoms with van der Waals surface area (Å²) in [7, 11) is 0. The molecular weight excluding hydrogens is 222 g/mol. The average Bonchev–Trinajstić information content (AvgIpc) is 2.40. The minimum absolute atomic E-state index is 0.0197. The van der Waals surface area contributed by atoms with Crippen molar-refractivity contribution in [1.29, 1.82) is 0 Å². The molecule has 2 nitrogen and oxygen atoms in total. The van der Waals surface area contributed by atoms with Crippen molar-refractivity contribution in [2.45, 2.75) is 19.4 Å². The first kappa shape index (κ1) is 12.7. The lowest BCUT2D eigenvalue weighted by Gasteiger charge is -2.14. The van der Waals surface area contributed by atoms with E-state index in [0.717, 1.165) is 12.2 Å². The predicted octanol–water partition coefficient (Wildman–Crippen LogP) is 2.94. The monoisotopic (exact) mass is 241 g/mol. The number of ether oxygens (including phenoxy) is 1. The van der Waals surface area contributed by atoms with E-state index < -0.39 is 0 Å². The van der Waals surface area contributed by atoms with Crippen LogP contribution in [0.15, 0.2) is 54.6 Å². The molecule has 0 aromatic heterocycles. The Balaban J connectivity index is 1.86. The van der Waals surface area contributed by atoms with Crippen LogP contribution in [0.25, 0.3) is 0 Å². The topological polar surface area (TPSA) is 35.2 Å². The Morgan fingerprint density at radius 3 is 2.39 bits per heavy atom. The Morgan fingerprint density at radius 1 is 1.00 bits per heavy atom. The zero-order valence-electron chi connectivity index (χ0n) is 10.7. The smallest absolute Gasteiger partial charge is 0.119 e. The molecule has 2 aromatic rings. The van der Waals surface area contributed by atoms with Gasteiger partial charge >= 0.3 is 0 Å². The molecule has 0 amide bonds. The van der Waals surface area contributed by atoms with Crippen LogP contribution in [0.1, 0.15) is 11.1 Å². The molecule has 2 aromatic carbocycles. The number of rotatable bonds is 5. The van der Waals surface area contributed by atoms with Crippen molar-refractivity contribution in [3.63, 3.8) is 0 Å². The van der Waals surface area contributed by atoms with Crippen LogP contribution >= 0.6 is 0 Å². The minimum atomic E-state index is 0.0197. The highest BCUT2D eigenvalue weighted by Crippen LogP contribution is 2.11. The Kier molecular flexibility index (Phi) is 4.37. The van der Waals surface area contributed by atoms with E-state index in [9.17, 15) is 0 Å². The molecule has 1 atom stereocenters. The van der Waals surface area contributed by atoms with Crippen LogP contribution in [0.3, 0.4) is 0 Å². The van der Waals surface area contributed by atoms with Crippen molar-refractivity contribution in [3.05, 3.63) is 65.7 Å². The maximum Gasteiger partial charge on any atom is 0.119 e. The molecule has 0 fully saturated rings. The maximum absolute atomic E-state index is 6.10. The Labute approximate surface area is 108 Å². The van der Waals surface area contributed by atoms with Crippen LogP contribution in [0.5, 0.6) is 5.75 Å². The van der Waals surface area contributed by atoms with Crippen LogP contribution in [0.2, 0.25) is 0 Å². The van der Waals surface area contributed by atoms with Gasteiger partial charge in [-0.15, -0.1) is 0 Å². The summed E-state index contributed by atoms with van der Waals surface area (Å²) < 4.78 is 5.65. The third-order valence-electron chi connectivity index (χ3n) is 2.95. The van der Waals surface area contributed by atoms with E-state index in [2.05, 4.69) is 19.1 Å². The average molecular weight is 241 g/mol. The van der Waals surface area contributed by atoms with Crippen molar-refractivity contribution >= 4 is 0 Å². The van der Waals surface area contributed by atoms with Gasteiger partial charge in [0.2, 0.25) is 0 Å². The minimum Gasteiger partial charge on any atom is -0.492 e. The van der Waals surface area contributed by atoms with Crippen LogP contribution in [-0.2, 0) is 6.42 Å². The molecule has 0 aliphatic heterocycles. The van der Waals surface area contributed by atoms with E-state index in [0.29, 0.717) is 6.61 Å². The van der Waals surface area contributed by atoms with E-state index in [1.807, 2.05) is 42.5 Å².